The van der Waals surface area contributed by atoms with Crippen molar-refractivity contribution >= 4 is 47.7 Å². The third kappa shape index (κ3) is 7.44. The Bertz CT molecular complexity index is 1510. The first kappa shape index (κ1) is 34.3. The molecule has 1 heterocycles. The molecule has 0 unspecified atom stereocenters. The largest absolute Gasteiger partial charge is 0.999 e. The Hall–Kier alpha value is -2.58. The number of aryl methyl sites for hydroxylation is 2. The first-order valence-electron chi connectivity index (χ1n) is 15.6. The molecule has 234 valence electrons. The molecule has 0 atom stereocenters. The normalized spacial score (nSPS) is 14.4. The summed E-state index contributed by atoms with van der Waals surface area (Å²) in [5.74, 6) is 1.47. The van der Waals surface area contributed by atoms with E-state index in [9.17, 15) is 0 Å². The Morgan fingerprint density at radius 3 is 1.18 bits per heavy atom. The van der Waals surface area contributed by atoms with Crippen molar-refractivity contribution in [1.82, 2.24) is 0 Å². The zero-order valence-electron chi connectivity index (χ0n) is 29.3. The smallest absolute Gasteiger partial charge is 0.599 e. The summed E-state index contributed by atoms with van der Waals surface area (Å²) in [6.07, 6.45) is 3.84. The molecule has 0 saturated carbocycles. The third-order valence-corrected chi connectivity index (χ3v) is 9.60. The molecule has 4 nitrogen and oxygen atoms in total. The van der Waals surface area contributed by atoms with Crippen LogP contribution >= 0.6 is 10.0 Å². The molecule has 0 spiro atoms. The fourth-order valence-electron chi connectivity index (χ4n) is 5.32. The molecule has 3 aromatic carbocycles. The number of fused-ring (bicyclic) bond motifs is 3. The molecular formula is C38H50AlClN2O2. The van der Waals surface area contributed by atoms with Gasteiger partial charge in [0.05, 0.1) is 22.9 Å². The van der Waals surface area contributed by atoms with Gasteiger partial charge in [0.15, 0.2) is 0 Å². The molecule has 4 rings (SSSR count). The van der Waals surface area contributed by atoms with Gasteiger partial charge in [-0.2, -0.15) is 10.0 Å². The minimum absolute atomic E-state index is 0.0711. The summed E-state index contributed by atoms with van der Waals surface area (Å²) in [6.45, 7) is 30.8. The van der Waals surface area contributed by atoms with Crippen molar-refractivity contribution in [2.24, 2.45) is 9.98 Å². The van der Waals surface area contributed by atoms with Crippen molar-refractivity contribution in [3.63, 3.8) is 0 Å². The Kier molecular flexibility index (Phi) is 9.34. The van der Waals surface area contributed by atoms with E-state index in [1.165, 1.54) is 11.1 Å². The van der Waals surface area contributed by atoms with Gasteiger partial charge in [0.1, 0.15) is 0 Å². The number of halogens is 1. The molecule has 3 aromatic rings. The number of rotatable bonds is 0. The molecule has 1 aliphatic heterocycles. The maximum atomic E-state index is 7.16. The van der Waals surface area contributed by atoms with Crippen molar-refractivity contribution in [3.05, 3.63) is 80.9 Å². The van der Waals surface area contributed by atoms with E-state index >= 15 is 0 Å². The molecule has 0 aliphatic carbocycles. The minimum Gasteiger partial charge on any atom is -0.599 e. The average Bonchev–Trinajstić information content (AvgIpc) is 2.87. The summed E-state index contributed by atoms with van der Waals surface area (Å²) < 4.78 is 13.5. The lowest BCUT2D eigenvalue weighted by atomic mass is 9.79. The quantitative estimate of drug-likeness (QED) is 0.232. The summed E-state index contributed by atoms with van der Waals surface area (Å²) in [4.78, 5) is 10.2. The standard InChI is InChI=1S/C38H52N2O2.Al.ClH/c1-23-15-16-24(2)32(40-22-26-18-28(36(6,7)8)20-30(34(26)42)38(12,13)14)31(23)39-21-25-17-27(35(3,4)5)19-29(33(25)41)37(9,10)11;;/h15-22,41-42H,1-14H3;;1H/q;+3;/p-3. The first-order chi connectivity index (χ1) is 20.1. The Morgan fingerprint density at radius 1 is 0.545 bits per heavy atom. The van der Waals surface area contributed by atoms with Crippen LogP contribution in [0.1, 0.15) is 128 Å². The lowest BCUT2D eigenvalue weighted by Gasteiger charge is -2.31. The maximum Gasteiger partial charge on any atom is 0.999 e. The first-order valence-corrected chi connectivity index (χ1v) is 18.3. The molecule has 0 saturated heterocycles. The fourth-order valence-corrected chi connectivity index (χ4v) is 6.80. The van der Waals surface area contributed by atoms with Crippen LogP contribution in [-0.4, -0.2) is 26.3 Å². The van der Waals surface area contributed by atoms with E-state index in [0.29, 0.717) is 0 Å². The van der Waals surface area contributed by atoms with Gasteiger partial charge in [0.25, 0.3) is 0 Å². The number of nitrogens with zero attached hydrogens (tertiary/aromatic N) is 2. The van der Waals surface area contributed by atoms with E-state index in [0.717, 1.165) is 56.3 Å². The fraction of sp³-hybridized carbons (Fsp3) is 0.474. The van der Waals surface area contributed by atoms with Crippen LogP contribution in [0.4, 0.5) is 11.4 Å². The zero-order chi connectivity index (χ0) is 33.0. The molecule has 44 heavy (non-hydrogen) atoms. The van der Waals surface area contributed by atoms with Crippen LogP contribution in [0.5, 0.6) is 11.5 Å². The number of aliphatic imine (C=N–C) groups is 2. The molecule has 0 bridgehead atoms. The lowest BCUT2D eigenvalue weighted by Crippen LogP contribution is -2.29. The summed E-state index contributed by atoms with van der Waals surface area (Å²) in [5, 5.41) is 0. The van der Waals surface area contributed by atoms with Crippen molar-refractivity contribution in [1.29, 1.82) is 0 Å². The highest BCUT2D eigenvalue weighted by molar-refractivity contribution is 7.00. The molecular weight excluding hydrogens is 579 g/mol. The van der Waals surface area contributed by atoms with Crippen LogP contribution in [0.2, 0.25) is 0 Å². The van der Waals surface area contributed by atoms with Crippen LogP contribution in [-0.2, 0) is 21.7 Å². The highest BCUT2D eigenvalue weighted by atomic mass is 35.6. The molecule has 0 amide bonds. The Morgan fingerprint density at radius 2 is 0.886 bits per heavy atom. The van der Waals surface area contributed by atoms with E-state index in [1.54, 1.807) is 0 Å². The summed E-state index contributed by atoms with van der Waals surface area (Å²) in [7, 11) is 7.16. The number of hydrogen-bond donors (Lipinski definition) is 0. The van der Waals surface area contributed by atoms with Gasteiger partial charge >= 0.3 is 13.9 Å². The van der Waals surface area contributed by atoms with Crippen LogP contribution in [0.3, 0.4) is 0 Å². The van der Waals surface area contributed by atoms with Gasteiger partial charge < -0.3 is 7.58 Å². The monoisotopic (exact) mass is 628 g/mol. The third-order valence-electron chi connectivity index (χ3n) is 8.22. The second-order valence-corrected chi connectivity index (χ2v) is 18.4. The number of hydrogen-bond acceptors (Lipinski definition) is 4. The van der Waals surface area contributed by atoms with Crippen LogP contribution in [0.15, 0.2) is 46.4 Å². The van der Waals surface area contributed by atoms with E-state index in [1.807, 2.05) is 12.4 Å². The van der Waals surface area contributed by atoms with Crippen LogP contribution < -0.4 is 7.58 Å². The predicted molar refractivity (Wildman–Crippen MR) is 191 cm³/mol. The second kappa shape index (κ2) is 12.0. The Balaban J connectivity index is 2.12. The summed E-state index contributed by atoms with van der Waals surface area (Å²) >= 11 is -2.80. The predicted octanol–water partition coefficient (Wildman–Crippen LogP) is 11.0. The van der Waals surface area contributed by atoms with E-state index < -0.39 is 13.9 Å². The van der Waals surface area contributed by atoms with Crippen LogP contribution in [0.25, 0.3) is 0 Å². The van der Waals surface area contributed by atoms with E-state index in [4.69, 9.17) is 27.6 Å². The topological polar surface area (TPSA) is 43.2 Å². The van der Waals surface area contributed by atoms with Crippen molar-refractivity contribution in [3.8, 4) is 11.5 Å². The number of benzene rings is 3. The highest BCUT2D eigenvalue weighted by Crippen LogP contribution is 2.43. The van der Waals surface area contributed by atoms with E-state index in [2.05, 4.69) is 133 Å². The molecule has 0 fully saturated rings. The molecule has 0 aromatic heterocycles. The van der Waals surface area contributed by atoms with Crippen molar-refractivity contribution in [2.45, 2.75) is 119 Å². The maximum absolute atomic E-state index is 7.16. The lowest BCUT2D eigenvalue weighted by molar-refractivity contribution is 0.423. The summed E-state index contributed by atoms with van der Waals surface area (Å²) in [6, 6.07) is 13.1. The highest BCUT2D eigenvalue weighted by Gasteiger charge is 2.38. The van der Waals surface area contributed by atoms with Gasteiger partial charge in [-0.25, -0.2) is 0 Å². The molecule has 1 aliphatic rings. The van der Waals surface area contributed by atoms with Gasteiger partial charge in [-0.3, -0.25) is 9.98 Å². The van der Waals surface area contributed by atoms with Crippen molar-refractivity contribution < 1.29 is 7.58 Å². The van der Waals surface area contributed by atoms with Gasteiger partial charge in [0, 0.05) is 23.6 Å². The molecule has 0 radical (unpaired) electrons. The van der Waals surface area contributed by atoms with Gasteiger partial charge in [-0.15, -0.1) is 0 Å². The van der Waals surface area contributed by atoms with Gasteiger partial charge in [-0.05, 0) is 81.0 Å². The zero-order valence-corrected chi connectivity index (χ0v) is 31.2. The van der Waals surface area contributed by atoms with Crippen LogP contribution in [0, 0.1) is 13.8 Å². The van der Waals surface area contributed by atoms with Gasteiger partial charge in [-0.1, -0.05) is 107 Å². The average molecular weight is 629 g/mol. The molecule has 6 heteroatoms. The van der Waals surface area contributed by atoms with Crippen molar-refractivity contribution in [2.75, 3.05) is 0 Å². The van der Waals surface area contributed by atoms with E-state index in [-0.39, 0.29) is 21.7 Å². The van der Waals surface area contributed by atoms with Gasteiger partial charge in [0.2, 0.25) is 0 Å². The SMILES string of the molecule is Cc1ccc(C)c2c1N=Cc1cc(C(C)(C)C)cc(C(C)(C)C)c1[O][Al]([Cl])[O]c1c(cc(C(C)(C)C)cc1C(C)(C)C)C=N2. The minimum atomic E-state index is -2.80. The second-order valence-electron chi connectivity index (χ2n) is 16.3. The Labute approximate surface area is 275 Å². The summed E-state index contributed by atoms with van der Waals surface area (Å²) in [5.41, 5.74) is 9.60. The molecule has 0 N–H and O–H groups in total.